The van der Waals surface area contributed by atoms with Crippen LogP contribution in [-0.4, -0.2) is 24.3 Å². The van der Waals surface area contributed by atoms with Crippen LogP contribution in [0.2, 0.25) is 0 Å². The molecule has 0 radical (unpaired) electrons. The molecule has 0 bridgehead atoms. The molecule has 0 saturated carbocycles. The fourth-order valence-corrected chi connectivity index (χ4v) is 2.72. The minimum Gasteiger partial charge on any atom is -0.489 e. The molecule has 0 aliphatic carbocycles. The summed E-state index contributed by atoms with van der Waals surface area (Å²) in [7, 11) is 2.13. The predicted octanol–water partition coefficient (Wildman–Crippen LogP) is 5.34. The topological polar surface area (TPSA) is 29.5 Å². The lowest BCUT2D eigenvalue weighted by Crippen LogP contribution is -2.28. The molecular formula is C25H31NO2. The van der Waals surface area contributed by atoms with Crippen molar-refractivity contribution in [1.82, 2.24) is 4.90 Å². The number of hydrogen-bond acceptors (Lipinski definition) is 3. The summed E-state index contributed by atoms with van der Waals surface area (Å²) in [5.74, 6) is 7.45. The predicted molar refractivity (Wildman–Crippen MR) is 115 cm³/mol. The van der Waals surface area contributed by atoms with Gasteiger partial charge in [0.15, 0.2) is 0 Å². The summed E-state index contributed by atoms with van der Waals surface area (Å²) < 4.78 is 5.92. The third-order valence-corrected chi connectivity index (χ3v) is 4.44. The Labute approximate surface area is 169 Å². The van der Waals surface area contributed by atoms with Crippen LogP contribution >= 0.6 is 0 Å². The Morgan fingerprint density at radius 2 is 1.82 bits per heavy atom. The van der Waals surface area contributed by atoms with Crippen LogP contribution in [0.25, 0.3) is 0 Å². The molecular weight excluding hydrogens is 346 g/mol. The van der Waals surface area contributed by atoms with E-state index in [1.165, 1.54) is 5.56 Å². The lowest BCUT2D eigenvalue weighted by atomic mass is 9.97. The van der Waals surface area contributed by atoms with Gasteiger partial charge in [0, 0.05) is 30.0 Å². The van der Waals surface area contributed by atoms with Crippen molar-refractivity contribution in [3.63, 3.8) is 0 Å². The summed E-state index contributed by atoms with van der Waals surface area (Å²) >= 11 is 0. The van der Waals surface area contributed by atoms with E-state index in [1.807, 2.05) is 30.3 Å². The van der Waals surface area contributed by atoms with Crippen LogP contribution in [0.1, 0.15) is 55.6 Å². The van der Waals surface area contributed by atoms with E-state index in [4.69, 9.17) is 4.74 Å². The van der Waals surface area contributed by atoms with Crippen LogP contribution in [0.3, 0.4) is 0 Å². The molecule has 0 spiro atoms. The second-order valence-electron chi connectivity index (χ2n) is 8.32. The Morgan fingerprint density at radius 3 is 2.54 bits per heavy atom. The van der Waals surface area contributed by atoms with Gasteiger partial charge in [0.1, 0.15) is 18.6 Å². The number of carbonyl (C=O) groups excluding carboxylic acids is 1. The van der Waals surface area contributed by atoms with Crippen LogP contribution in [-0.2, 0) is 13.2 Å². The molecule has 0 saturated heterocycles. The zero-order chi connectivity index (χ0) is 20.6. The smallest absolute Gasteiger partial charge is 0.150 e. The van der Waals surface area contributed by atoms with Crippen molar-refractivity contribution in [2.75, 3.05) is 7.05 Å². The minimum atomic E-state index is 0.0508. The first kappa shape index (κ1) is 21.7. The molecule has 0 aliphatic rings. The number of ether oxygens (including phenoxy) is 1. The van der Waals surface area contributed by atoms with Gasteiger partial charge < -0.3 is 4.74 Å². The highest BCUT2D eigenvalue weighted by Crippen LogP contribution is 2.18. The van der Waals surface area contributed by atoms with Crippen molar-refractivity contribution in [3.8, 4) is 17.6 Å². The van der Waals surface area contributed by atoms with Gasteiger partial charge in [-0.15, -0.1) is 5.92 Å². The average Bonchev–Trinajstić information content (AvgIpc) is 2.65. The summed E-state index contributed by atoms with van der Waals surface area (Å²) in [6.07, 6.45) is 1.71. The zero-order valence-corrected chi connectivity index (χ0v) is 17.7. The number of hydrogen-bond donors (Lipinski definition) is 0. The van der Waals surface area contributed by atoms with E-state index < -0.39 is 0 Å². The van der Waals surface area contributed by atoms with Crippen LogP contribution < -0.4 is 4.74 Å². The van der Waals surface area contributed by atoms with E-state index in [0.29, 0.717) is 18.2 Å². The number of benzene rings is 2. The van der Waals surface area contributed by atoms with Gasteiger partial charge in [0.05, 0.1) is 0 Å². The van der Waals surface area contributed by atoms with Crippen LogP contribution in [0, 0.1) is 17.3 Å². The van der Waals surface area contributed by atoms with Crippen molar-refractivity contribution in [2.45, 2.75) is 53.3 Å². The average molecular weight is 378 g/mol. The van der Waals surface area contributed by atoms with Gasteiger partial charge in [-0.25, -0.2) is 0 Å². The van der Waals surface area contributed by atoms with Gasteiger partial charge in [-0.2, -0.15) is 0 Å². The number of rotatable bonds is 8. The number of aldehydes is 1. The summed E-state index contributed by atoms with van der Waals surface area (Å²) in [5.41, 5.74) is 2.91. The van der Waals surface area contributed by atoms with Crippen molar-refractivity contribution >= 4 is 6.29 Å². The van der Waals surface area contributed by atoms with E-state index in [-0.39, 0.29) is 5.41 Å². The third-order valence-electron chi connectivity index (χ3n) is 4.44. The molecule has 3 heteroatoms. The Hall–Kier alpha value is -2.57. The summed E-state index contributed by atoms with van der Waals surface area (Å²) in [6, 6.07) is 16.0. The second kappa shape index (κ2) is 10.1. The van der Waals surface area contributed by atoms with E-state index in [9.17, 15) is 4.79 Å². The van der Waals surface area contributed by atoms with E-state index in [0.717, 1.165) is 30.6 Å². The first-order valence-corrected chi connectivity index (χ1v) is 9.73. The highest BCUT2D eigenvalue weighted by Gasteiger charge is 2.10. The normalized spacial score (nSPS) is 12.2. The minimum absolute atomic E-state index is 0.0508. The summed E-state index contributed by atoms with van der Waals surface area (Å²) in [4.78, 5) is 13.2. The maximum atomic E-state index is 10.9. The molecule has 0 aromatic heterocycles. The fourth-order valence-electron chi connectivity index (χ4n) is 2.72. The number of nitrogens with zero attached hydrogens (tertiary/aromatic N) is 1. The fraction of sp³-hybridized carbons (Fsp3) is 0.400. The quantitative estimate of drug-likeness (QED) is 0.459. The SMILES string of the molecule is CC(CC#CC(C)(C)C)N(C)Cc1cccc(OCc2cccc(C=O)c2)c1. The van der Waals surface area contributed by atoms with Crippen LogP contribution in [0.5, 0.6) is 5.75 Å². The highest BCUT2D eigenvalue weighted by atomic mass is 16.5. The summed E-state index contributed by atoms with van der Waals surface area (Å²) in [6.45, 7) is 9.90. The highest BCUT2D eigenvalue weighted by molar-refractivity contribution is 5.74. The molecule has 148 valence electrons. The van der Waals surface area contributed by atoms with Gasteiger partial charge in [0.25, 0.3) is 0 Å². The van der Waals surface area contributed by atoms with Crippen molar-refractivity contribution in [3.05, 3.63) is 65.2 Å². The Morgan fingerprint density at radius 1 is 1.11 bits per heavy atom. The van der Waals surface area contributed by atoms with E-state index in [1.54, 1.807) is 6.07 Å². The Balaban J connectivity index is 1.92. The maximum absolute atomic E-state index is 10.9. The molecule has 1 unspecified atom stereocenters. The standard InChI is InChI=1S/C25H31NO2/c1-20(9-8-14-25(2,3)4)26(5)17-21-10-7-13-24(16-21)28-19-23-12-6-11-22(15-23)18-27/h6-7,10-13,15-16,18,20H,9,17,19H2,1-5H3. The molecule has 0 fully saturated rings. The molecule has 0 heterocycles. The molecule has 2 rings (SSSR count). The summed E-state index contributed by atoms with van der Waals surface area (Å²) in [5, 5.41) is 0. The monoisotopic (exact) mass is 377 g/mol. The molecule has 3 nitrogen and oxygen atoms in total. The molecule has 2 aromatic rings. The van der Waals surface area contributed by atoms with E-state index >= 15 is 0 Å². The van der Waals surface area contributed by atoms with E-state index in [2.05, 4.69) is 63.6 Å². The van der Waals surface area contributed by atoms with Gasteiger partial charge in [-0.3, -0.25) is 9.69 Å². The van der Waals surface area contributed by atoms with Crippen LogP contribution in [0.4, 0.5) is 0 Å². The second-order valence-corrected chi connectivity index (χ2v) is 8.32. The van der Waals surface area contributed by atoms with Gasteiger partial charge in [-0.1, -0.05) is 36.3 Å². The largest absolute Gasteiger partial charge is 0.489 e. The Bertz CT molecular complexity index is 839. The lowest BCUT2D eigenvalue weighted by molar-refractivity contribution is 0.112. The van der Waals surface area contributed by atoms with Crippen molar-refractivity contribution in [1.29, 1.82) is 0 Å². The zero-order valence-electron chi connectivity index (χ0n) is 17.7. The van der Waals surface area contributed by atoms with Gasteiger partial charge >= 0.3 is 0 Å². The number of carbonyl (C=O) groups is 1. The maximum Gasteiger partial charge on any atom is 0.150 e. The first-order valence-electron chi connectivity index (χ1n) is 9.73. The Kier molecular flexibility index (Phi) is 7.84. The van der Waals surface area contributed by atoms with Gasteiger partial charge in [0.2, 0.25) is 0 Å². The lowest BCUT2D eigenvalue weighted by Gasteiger charge is -2.23. The molecule has 0 aliphatic heterocycles. The molecule has 1 atom stereocenters. The van der Waals surface area contributed by atoms with Gasteiger partial charge in [-0.05, 0) is 64.1 Å². The molecule has 28 heavy (non-hydrogen) atoms. The molecule has 0 amide bonds. The van der Waals surface area contributed by atoms with Crippen LogP contribution in [0.15, 0.2) is 48.5 Å². The molecule has 0 N–H and O–H groups in total. The van der Waals surface area contributed by atoms with Crippen molar-refractivity contribution < 1.29 is 9.53 Å². The van der Waals surface area contributed by atoms with Crippen molar-refractivity contribution in [2.24, 2.45) is 5.41 Å². The molecule has 2 aromatic carbocycles. The first-order chi connectivity index (χ1) is 13.3. The third kappa shape index (κ3) is 7.58.